The van der Waals surface area contributed by atoms with Gasteiger partial charge in [0.15, 0.2) is 0 Å². The first kappa shape index (κ1) is 13.8. The molecule has 0 spiro atoms. The fourth-order valence-electron chi connectivity index (χ4n) is 2.89. The van der Waals surface area contributed by atoms with Gasteiger partial charge in [0, 0.05) is 26.1 Å². The number of likely N-dealkylation sites (tertiary alicyclic amines) is 2. The van der Waals surface area contributed by atoms with Crippen molar-refractivity contribution < 1.29 is 4.79 Å². The van der Waals surface area contributed by atoms with Crippen molar-refractivity contribution in [2.45, 2.75) is 32.1 Å². The molecule has 2 aliphatic rings. The van der Waals surface area contributed by atoms with Gasteiger partial charge in [-0.15, -0.1) is 0 Å². The van der Waals surface area contributed by atoms with Crippen molar-refractivity contribution in [1.29, 1.82) is 0 Å². The zero-order valence-electron chi connectivity index (χ0n) is 11.7. The zero-order chi connectivity index (χ0) is 12.8. The summed E-state index contributed by atoms with van der Waals surface area (Å²) in [7, 11) is 2.19. The average Bonchev–Trinajstić information content (AvgIpc) is 2.90. The fourth-order valence-corrected chi connectivity index (χ4v) is 2.89. The molecular formula is C14H27N3O. The smallest absolute Gasteiger partial charge is 0.223 e. The van der Waals surface area contributed by atoms with E-state index in [1.807, 2.05) is 4.90 Å². The van der Waals surface area contributed by atoms with Gasteiger partial charge in [0.2, 0.25) is 5.91 Å². The molecule has 0 aromatic heterocycles. The highest BCUT2D eigenvalue weighted by molar-refractivity contribution is 5.76. The van der Waals surface area contributed by atoms with Crippen molar-refractivity contribution in [3.8, 4) is 0 Å². The van der Waals surface area contributed by atoms with Gasteiger partial charge in [-0.25, -0.2) is 0 Å². The molecule has 0 radical (unpaired) electrons. The van der Waals surface area contributed by atoms with Crippen molar-refractivity contribution in [1.82, 2.24) is 15.1 Å². The van der Waals surface area contributed by atoms with Gasteiger partial charge in [0.1, 0.15) is 0 Å². The van der Waals surface area contributed by atoms with Crippen LogP contribution in [0.3, 0.4) is 0 Å². The first-order valence-electron chi connectivity index (χ1n) is 7.43. The number of carbonyl (C=O) groups is 1. The third-order valence-corrected chi connectivity index (χ3v) is 4.25. The van der Waals surface area contributed by atoms with E-state index in [0.29, 0.717) is 12.3 Å². The van der Waals surface area contributed by atoms with E-state index in [2.05, 4.69) is 17.3 Å². The summed E-state index contributed by atoms with van der Waals surface area (Å²) in [5.74, 6) is 1.14. The molecule has 1 N–H and O–H groups in total. The van der Waals surface area contributed by atoms with Gasteiger partial charge in [0.05, 0.1) is 0 Å². The Morgan fingerprint density at radius 3 is 2.50 bits per heavy atom. The standard InChI is InChI=1S/C14H27N3O/c1-16-10-5-13(6-11-16)12-15-7-4-14(18)17-8-2-3-9-17/h13,15H,2-12H2,1H3. The lowest BCUT2D eigenvalue weighted by Gasteiger charge is -2.29. The van der Waals surface area contributed by atoms with Crippen LogP contribution in [0, 0.1) is 5.92 Å². The third kappa shape index (κ3) is 4.25. The third-order valence-electron chi connectivity index (χ3n) is 4.25. The molecule has 2 aliphatic heterocycles. The van der Waals surface area contributed by atoms with E-state index in [1.54, 1.807) is 0 Å². The van der Waals surface area contributed by atoms with E-state index in [-0.39, 0.29) is 0 Å². The van der Waals surface area contributed by atoms with Crippen LogP contribution in [-0.4, -0.2) is 62.0 Å². The molecular weight excluding hydrogens is 226 g/mol. The Bertz CT molecular complexity index is 256. The zero-order valence-corrected chi connectivity index (χ0v) is 11.7. The highest BCUT2D eigenvalue weighted by atomic mass is 16.2. The molecule has 104 valence electrons. The van der Waals surface area contributed by atoms with E-state index in [1.165, 1.54) is 38.8 Å². The van der Waals surface area contributed by atoms with Crippen LogP contribution >= 0.6 is 0 Å². The van der Waals surface area contributed by atoms with Gasteiger partial charge in [-0.05, 0) is 58.3 Å². The van der Waals surface area contributed by atoms with Gasteiger partial charge in [0.25, 0.3) is 0 Å². The van der Waals surface area contributed by atoms with Crippen molar-refractivity contribution >= 4 is 5.91 Å². The van der Waals surface area contributed by atoms with E-state index >= 15 is 0 Å². The maximum absolute atomic E-state index is 11.8. The second-order valence-electron chi connectivity index (χ2n) is 5.79. The lowest BCUT2D eigenvalue weighted by molar-refractivity contribution is -0.130. The fraction of sp³-hybridized carbons (Fsp3) is 0.929. The molecule has 2 fully saturated rings. The van der Waals surface area contributed by atoms with Crippen molar-refractivity contribution in [2.24, 2.45) is 5.92 Å². The van der Waals surface area contributed by atoms with Crippen LogP contribution in [0.1, 0.15) is 32.1 Å². The van der Waals surface area contributed by atoms with Gasteiger partial charge < -0.3 is 15.1 Å². The number of piperidine rings is 1. The number of hydrogen-bond acceptors (Lipinski definition) is 3. The molecule has 0 aromatic rings. The molecule has 2 saturated heterocycles. The summed E-state index contributed by atoms with van der Waals surface area (Å²) in [6.07, 6.45) is 5.64. The molecule has 0 atom stereocenters. The minimum absolute atomic E-state index is 0.336. The maximum atomic E-state index is 11.8. The molecule has 0 aromatic carbocycles. The van der Waals surface area contributed by atoms with Crippen molar-refractivity contribution in [3.05, 3.63) is 0 Å². The summed E-state index contributed by atoms with van der Waals surface area (Å²) in [5.41, 5.74) is 0. The molecule has 1 amide bonds. The second kappa shape index (κ2) is 7.10. The number of carbonyl (C=O) groups excluding carboxylic acids is 1. The molecule has 2 rings (SSSR count). The molecule has 2 heterocycles. The molecule has 4 nitrogen and oxygen atoms in total. The Morgan fingerprint density at radius 1 is 1.17 bits per heavy atom. The van der Waals surface area contributed by atoms with Crippen LogP contribution < -0.4 is 5.32 Å². The molecule has 4 heteroatoms. The van der Waals surface area contributed by atoms with E-state index in [0.717, 1.165) is 32.1 Å². The summed E-state index contributed by atoms with van der Waals surface area (Å²) in [5, 5.41) is 3.46. The molecule has 0 unspecified atom stereocenters. The Kier molecular flexibility index (Phi) is 5.45. The summed E-state index contributed by atoms with van der Waals surface area (Å²) in [6.45, 7) is 6.34. The van der Waals surface area contributed by atoms with Crippen LogP contribution in [-0.2, 0) is 4.79 Å². The Balaban J connectivity index is 1.51. The minimum atomic E-state index is 0.336. The normalized spacial score (nSPS) is 22.6. The number of amides is 1. The van der Waals surface area contributed by atoms with E-state index in [4.69, 9.17) is 0 Å². The highest BCUT2D eigenvalue weighted by Gasteiger charge is 2.18. The molecule has 18 heavy (non-hydrogen) atoms. The van der Waals surface area contributed by atoms with Crippen LogP contribution in [0.4, 0.5) is 0 Å². The van der Waals surface area contributed by atoms with Gasteiger partial charge in [-0.1, -0.05) is 0 Å². The summed E-state index contributed by atoms with van der Waals surface area (Å²) < 4.78 is 0. The van der Waals surface area contributed by atoms with Crippen LogP contribution in [0.15, 0.2) is 0 Å². The van der Waals surface area contributed by atoms with Gasteiger partial charge in [-0.2, -0.15) is 0 Å². The minimum Gasteiger partial charge on any atom is -0.343 e. The van der Waals surface area contributed by atoms with E-state index in [9.17, 15) is 4.79 Å². The first-order chi connectivity index (χ1) is 8.75. The van der Waals surface area contributed by atoms with Gasteiger partial charge >= 0.3 is 0 Å². The maximum Gasteiger partial charge on any atom is 0.223 e. The number of nitrogens with zero attached hydrogens (tertiary/aromatic N) is 2. The Labute approximate surface area is 111 Å². The highest BCUT2D eigenvalue weighted by Crippen LogP contribution is 2.14. The Hall–Kier alpha value is -0.610. The van der Waals surface area contributed by atoms with Gasteiger partial charge in [-0.3, -0.25) is 4.79 Å². The predicted octanol–water partition coefficient (Wildman–Crippen LogP) is 0.930. The SMILES string of the molecule is CN1CCC(CNCCC(=O)N2CCCC2)CC1. The van der Waals surface area contributed by atoms with Crippen LogP contribution in [0.5, 0.6) is 0 Å². The largest absolute Gasteiger partial charge is 0.343 e. The second-order valence-corrected chi connectivity index (χ2v) is 5.79. The summed E-state index contributed by atoms with van der Waals surface area (Å²) >= 11 is 0. The number of hydrogen-bond donors (Lipinski definition) is 1. The Morgan fingerprint density at radius 2 is 1.83 bits per heavy atom. The molecule has 0 aliphatic carbocycles. The monoisotopic (exact) mass is 253 g/mol. The topological polar surface area (TPSA) is 35.6 Å². The quantitative estimate of drug-likeness (QED) is 0.740. The van der Waals surface area contributed by atoms with Crippen molar-refractivity contribution in [3.63, 3.8) is 0 Å². The number of nitrogens with one attached hydrogen (secondary N) is 1. The summed E-state index contributed by atoms with van der Waals surface area (Å²) in [4.78, 5) is 16.2. The molecule has 0 bridgehead atoms. The average molecular weight is 253 g/mol. The lowest BCUT2D eigenvalue weighted by Crippen LogP contribution is -2.36. The lowest BCUT2D eigenvalue weighted by atomic mass is 9.97. The molecule has 0 saturated carbocycles. The van der Waals surface area contributed by atoms with Crippen molar-refractivity contribution in [2.75, 3.05) is 46.3 Å². The summed E-state index contributed by atoms with van der Waals surface area (Å²) in [6, 6.07) is 0. The predicted molar refractivity (Wildman–Crippen MR) is 73.5 cm³/mol. The van der Waals surface area contributed by atoms with E-state index < -0.39 is 0 Å². The van der Waals surface area contributed by atoms with Crippen LogP contribution in [0.2, 0.25) is 0 Å². The van der Waals surface area contributed by atoms with Crippen LogP contribution in [0.25, 0.3) is 0 Å². The first-order valence-corrected chi connectivity index (χ1v) is 7.43. The number of rotatable bonds is 5.